The van der Waals surface area contributed by atoms with Crippen molar-refractivity contribution >= 4 is 5.91 Å². The highest BCUT2D eigenvalue weighted by Crippen LogP contribution is 2.28. The van der Waals surface area contributed by atoms with Gasteiger partial charge in [0.2, 0.25) is 0 Å². The van der Waals surface area contributed by atoms with Crippen LogP contribution in [0.25, 0.3) is 0 Å². The smallest absolute Gasteiger partial charge is 0.349 e. The number of rotatable bonds is 2. The third-order valence-electron chi connectivity index (χ3n) is 3.58. The number of carbonyl (C=O) groups excluding carboxylic acids is 1. The summed E-state index contributed by atoms with van der Waals surface area (Å²) in [6, 6.07) is 2.38. The van der Waals surface area contributed by atoms with E-state index in [0.29, 0.717) is 6.04 Å². The van der Waals surface area contributed by atoms with E-state index in [4.69, 9.17) is 0 Å². The number of hydrogen-bond acceptors (Lipinski definition) is 3. The van der Waals surface area contributed by atoms with Gasteiger partial charge < -0.3 is 10.6 Å². The number of hydrogen-bond donors (Lipinski definition) is 2. The molecule has 7 heteroatoms. The number of pyridine rings is 1. The molecule has 0 saturated carbocycles. The van der Waals surface area contributed by atoms with Gasteiger partial charge >= 0.3 is 6.18 Å². The van der Waals surface area contributed by atoms with Crippen LogP contribution in [0.5, 0.6) is 0 Å². The standard InChI is InChI=1S/C14H18F3N3O/c1-8-7-10(5-6-18-8)20-13(21)11-3-4-12(14(15,16)17)19-9(11)2/h3-4,8,10,18H,5-7H2,1-2H3,(H,20,21). The van der Waals surface area contributed by atoms with Gasteiger partial charge in [-0.15, -0.1) is 0 Å². The lowest BCUT2D eigenvalue weighted by atomic mass is 10.00. The van der Waals surface area contributed by atoms with Crippen LogP contribution in [-0.4, -0.2) is 29.5 Å². The van der Waals surface area contributed by atoms with Crippen LogP contribution in [0.4, 0.5) is 13.2 Å². The fraction of sp³-hybridized carbons (Fsp3) is 0.571. The summed E-state index contributed by atoms with van der Waals surface area (Å²) in [4.78, 5) is 15.6. The van der Waals surface area contributed by atoms with E-state index in [1.165, 1.54) is 13.0 Å². The van der Waals surface area contributed by atoms with Crippen molar-refractivity contribution in [1.82, 2.24) is 15.6 Å². The zero-order valence-corrected chi connectivity index (χ0v) is 11.9. The Morgan fingerprint density at radius 3 is 2.71 bits per heavy atom. The molecule has 1 aliphatic rings. The van der Waals surface area contributed by atoms with Crippen molar-refractivity contribution < 1.29 is 18.0 Å². The third-order valence-corrected chi connectivity index (χ3v) is 3.58. The van der Waals surface area contributed by atoms with Crippen LogP contribution in [0, 0.1) is 6.92 Å². The number of carbonyl (C=O) groups is 1. The lowest BCUT2D eigenvalue weighted by Gasteiger charge is -2.28. The van der Waals surface area contributed by atoms with E-state index >= 15 is 0 Å². The number of halogens is 3. The fourth-order valence-corrected chi connectivity index (χ4v) is 2.49. The van der Waals surface area contributed by atoms with Gasteiger partial charge in [0.05, 0.1) is 11.3 Å². The van der Waals surface area contributed by atoms with E-state index in [9.17, 15) is 18.0 Å². The Bertz CT molecular complexity index is 531. The van der Waals surface area contributed by atoms with E-state index in [1.54, 1.807) is 0 Å². The van der Waals surface area contributed by atoms with Crippen molar-refractivity contribution in [3.05, 3.63) is 29.1 Å². The normalized spacial score (nSPS) is 22.9. The highest BCUT2D eigenvalue weighted by molar-refractivity contribution is 5.95. The Hall–Kier alpha value is -1.63. The number of piperidine rings is 1. The van der Waals surface area contributed by atoms with Crippen molar-refractivity contribution in [2.24, 2.45) is 0 Å². The first kappa shape index (κ1) is 15.8. The maximum Gasteiger partial charge on any atom is 0.433 e. The molecule has 0 radical (unpaired) electrons. The predicted molar refractivity (Wildman–Crippen MR) is 71.9 cm³/mol. The Morgan fingerprint density at radius 1 is 1.43 bits per heavy atom. The molecule has 2 rings (SSSR count). The monoisotopic (exact) mass is 301 g/mol. The first-order valence-corrected chi connectivity index (χ1v) is 6.86. The van der Waals surface area contributed by atoms with Gasteiger partial charge in [-0.3, -0.25) is 4.79 Å². The summed E-state index contributed by atoms with van der Waals surface area (Å²) in [6.07, 6.45) is -2.88. The van der Waals surface area contributed by atoms with Crippen LogP contribution < -0.4 is 10.6 Å². The highest BCUT2D eigenvalue weighted by atomic mass is 19.4. The minimum Gasteiger partial charge on any atom is -0.349 e. The van der Waals surface area contributed by atoms with E-state index in [1.807, 2.05) is 6.92 Å². The molecule has 2 atom stereocenters. The van der Waals surface area contributed by atoms with Crippen molar-refractivity contribution in [2.45, 2.75) is 44.9 Å². The van der Waals surface area contributed by atoms with Gasteiger partial charge in [0.15, 0.2) is 0 Å². The second kappa shape index (κ2) is 6.01. The molecular weight excluding hydrogens is 283 g/mol. The molecule has 0 aromatic carbocycles. The molecular formula is C14H18F3N3O. The second-order valence-electron chi connectivity index (χ2n) is 5.38. The molecule has 2 unspecified atom stereocenters. The molecule has 1 amide bonds. The topological polar surface area (TPSA) is 54.0 Å². The molecule has 1 saturated heterocycles. The Balaban J connectivity index is 2.09. The third kappa shape index (κ3) is 3.93. The van der Waals surface area contributed by atoms with Gasteiger partial charge in [-0.2, -0.15) is 13.2 Å². The lowest BCUT2D eigenvalue weighted by Crippen LogP contribution is -2.46. The summed E-state index contributed by atoms with van der Waals surface area (Å²) >= 11 is 0. The van der Waals surface area contributed by atoms with Crippen LogP contribution in [0.15, 0.2) is 12.1 Å². The second-order valence-corrected chi connectivity index (χ2v) is 5.38. The van der Waals surface area contributed by atoms with E-state index in [0.717, 1.165) is 25.5 Å². The molecule has 0 aliphatic carbocycles. The molecule has 2 N–H and O–H groups in total. The SMILES string of the molecule is Cc1nc(C(F)(F)F)ccc1C(=O)NC1CCNC(C)C1. The number of aryl methyl sites for hydroxylation is 1. The maximum atomic E-state index is 12.5. The Kier molecular flexibility index (Phi) is 4.51. The summed E-state index contributed by atoms with van der Waals surface area (Å²) in [5, 5.41) is 6.14. The van der Waals surface area contributed by atoms with Crippen LogP contribution >= 0.6 is 0 Å². The van der Waals surface area contributed by atoms with Gasteiger partial charge in [-0.05, 0) is 45.4 Å². The van der Waals surface area contributed by atoms with Gasteiger partial charge in [0.1, 0.15) is 5.69 Å². The number of amides is 1. The largest absolute Gasteiger partial charge is 0.433 e. The first-order chi connectivity index (χ1) is 9.77. The lowest BCUT2D eigenvalue weighted by molar-refractivity contribution is -0.141. The number of aromatic nitrogens is 1. The summed E-state index contributed by atoms with van der Waals surface area (Å²) in [7, 11) is 0. The van der Waals surface area contributed by atoms with E-state index in [2.05, 4.69) is 15.6 Å². The molecule has 1 aliphatic heterocycles. The van der Waals surface area contributed by atoms with Gasteiger partial charge in [-0.25, -0.2) is 4.98 Å². The summed E-state index contributed by atoms with van der Waals surface area (Å²) in [5.41, 5.74) is -0.703. The van der Waals surface area contributed by atoms with E-state index in [-0.39, 0.29) is 23.2 Å². The minimum atomic E-state index is -4.50. The van der Waals surface area contributed by atoms with Gasteiger partial charge in [-0.1, -0.05) is 0 Å². The number of alkyl halides is 3. The van der Waals surface area contributed by atoms with Crippen LogP contribution in [0.1, 0.15) is 41.5 Å². The summed E-state index contributed by atoms with van der Waals surface area (Å²) < 4.78 is 37.6. The summed E-state index contributed by atoms with van der Waals surface area (Å²) in [5.74, 6) is -0.368. The van der Waals surface area contributed by atoms with Crippen molar-refractivity contribution in [3.8, 4) is 0 Å². The first-order valence-electron chi connectivity index (χ1n) is 6.86. The van der Waals surface area contributed by atoms with Crippen molar-refractivity contribution in [2.75, 3.05) is 6.54 Å². The molecule has 0 bridgehead atoms. The van der Waals surface area contributed by atoms with E-state index < -0.39 is 11.9 Å². The van der Waals surface area contributed by atoms with Crippen molar-refractivity contribution in [1.29, 1.82) is 0 Å². The maximum absolute atomic E-state index is 12.5. The van der Waals surface area contributed by atoms with Crippen molar-refractivity contribution in [3.63, 3.8) is 0 Å². The molecule has 2 heterocycles. The Morgan fingerprint density at radius 2 is 2.14 bits per heavy atom. The molecule has 0 spiro atoms. The zero-order chi connectivity index (χ0) is 15.6. The molecule has 4 nitrogen and oxygen atoms in total. The quantitative estimate of drug-likeness (QED) is 0.881. The average molecular weight is 301 g/mol. The molecule has 116 valence electrons. The van der Waals surface area contributed by atoms with Crippen LogP contribution in [0.3, 0.4) is 0 Å². The van der Waals surface area contributed by atoms with Gasteiger partial charge in [0, 0.05) is 12.1 Å². The molecule has 21 heavy (non-hydrogen) atoms. The number of nitrogens with one attached hydrogen (secondary N) is 2. The fourth-order valence-electron chi connectivity index (χ4n) is 2.49. The minimum absolute atomic E-state index is 0.0374. The Labute approximate surface area is 121 Å². The molecule has 1 fully saturated rings. The van der Waals surface area contributed by atoms with Gasteiger partial charge in [0.25, 0.3) is 5.91 Å². The molecule has 1 aromatic heterocycles. The molecule has 1 aromatic rings. The summed E-state index contributed by atoms with van der Waals surface area (Å²) in [6.45, 7) is 4.26. The highest BCUT2D eigenvalue weighted by Gasteiger charge is 2.33. The predicted octanol–water partition coefficient (Wildman–Crippen LogP) is 2.28. The number of nitrogens with zero attached hydrogens (tertiary/aromatic N) is 1. The van der Waals surface area contributed by atoms with Crippen LogP contribution in [0.2, 0.25) is 0 Å². The average Bonchev–Trinajstić information content (AvgIpc) is 2.37. The van der Waals surface area contributed by atoms with Crippen LogP contribution in [-0.2, 0) is 6.18 Å². The zero-order valence-electron chi connectivity index (χ0n) is 11.9.